The summed E-state index contributed by atoms with van der Waals surface area (Å²) in [5.41, 5.74) is -0.00711. The van der Waals surface area contributed by atoms with Gasteiger partial charge in [0.05, 0.1) is 6.04 Å². The van der Waals surface area contributed by atoms with E-state index in [1.165, 1.54) is 7.05 Å². The van der Waals surface area contributed by atoms with Gasteiger partial charge in [-0.05, 0) is 40.2 Å². The molecule has 4 nitrogen and oxygen atoms in total. The van der Waals surface area contributed by atoms with Crippen LogP contribution in [-0.2, 0) is 4.79 Å². The van der Waals surface area contributed by atoms with Gasteiger partial charge in [0.25, 0.3) is 5.91 Å². The second kappa shape index (κ2) is 3.87. The first-order valence-electron chi connectivity index (χ1n) is 5.07. The molecule has 0 aromatic carbocycles. The Morgan fingerprint density at radius 3 is 2.50 bits per heavy atom. The first kappa shape index (κ1) is 11.5. The Balaban J connectivity index is 2.74. The number of amides is 1. The average molecular weight is 200 g/mol. The van der Waals surface area contributed by atoms with Crippen molar-refractivity contribution in [1.29, 1.82) is 0 Å². The second-order valence-electron chi connectivity index (χ2n) is 4.88. The predicted molar refractivity (Wildman–Crippen MR) is 54.0 cm³/mol. The van der Waals surface area contributed by atoms with Gasteiger partial charge in [-0.2, -0.15) is 0 Å². The summed E-state index contributed by atoms with van der Waals surface area (Å²) in [5, 5.41) is 9.83. The van der Waals surface area contributed by atoms with Gasteiger partial charge in [-0.25, -0.2) is 5.06 Å². The Morgan fingerprint density at radius 2 is 2.07 bits per heavy atom. The minimum Gasteiger partial charge on any atom is -0.287 e. The van der Waals surface area contributed by atoms with Gasteiger partial charge in [-0.3, -0.25) is 14.9 Å². The third kappa shape index (κ3) is 2.25. The van der Waals surface area contributed by atoms with E-state index < -0.39 is 0 Å². The Bertz CT molecular complexity index is 221. The van der Waals surface area contributed by atoms with Gasteiger partial charge in [0.2, 0.25) is 0 Å². The molecule has 82 valence electrons. The summed E-state index contributed by atoms with van der Waals surface area (Å²) in [4.78, 5) is 13.8. The van der Waals surface area contributed by atoms with Crippen molar-refractivity contribution in [3.8, 4) is 0 Å². The highest BCUT2D eigenvalue weighted by Gasteiger charge is 2.38. The molecule has 0 aliphatic carbocycles. The third-order valence-electron chi connectivity index (χ3n) is 2.72. The number of hydrogen-bond acceptors (Lipinski definition) is 3. The van der Waals surface area contributed by atoms with Crippen LogP contribution in [0.1, 0.15) is 33.6 Å². The fraction of sp³-hybridized carbons (Fsp3) is 0.900. The van der Waals surface area contributed by atoms with E-state index in [9.17, 15) is 4.79 Å². The number of likely N-dealkylation sites (N-methyl/N-ethyl adjacent to an activating group) is 1. The van der Waals surface area contributed by atoms with E-state index in [1.807, 2.05) is 0 Å². The zero-order chi connectivity index (χ0) is 10.9. The molecule has 0 aromatic rings. The van der Waals surface area contributed by atoms with Crippen LogP contribution >= 0.6 is 0 Å². The third-order valence-corrected chi connectivity index (χ3v) is 2.72. The molecule has 1 fully saturated rings. The molecule has 0 unspecified atom stereocenters. The maximum absolute atomic E-state index is 11.6. The Hall–Kier alpha value is -0.610. The standard InChI is InChI=1S/C10H20N2O2/c1-10(2,3)12-7-5-6-8(12)9(13)11(4)14/h8,14H,5-7H2,1-4H3/t8-/m0/s1. The van der Waals surface area contributed by atoms with Crippen LogP contribution in [0.4, 0.5) is 0 Å². The molecule has 0 saturated carbocycles. The Morgan fingerprint density at radius 1 is 1.50 bits per heavy atom. The summed E-state index contributed by atoms with van der Waals surface area (Å²) in [5.74, 6) is -0.197. The number of likely N-dealkylation sites (tertiary alicyclic amines) is 1. The van der Waals surface area contributed by atoms with Crippen LogP contribution in [-0.4, -0.2) is 46.3 Å². The topological polar surface area (TPSA) is 43.8 Å². The van der Waals surface area contributed by atoms with Gasteiger partial charge in [-0.1, -0.05) is 0 Å². The van der Waals surface area contributed by atoms with Crippen LogP contribution in [0.2, 0.25) is 0 Å². The highest BCUT2D eigenvalue weighted by atomic mass is 16.5. The van der Waals surface area contributed by atoms with Crippen molar-refractivity contribution in [3.05, 3.63) is 0 Å². The maximum atomic E-state index is 11.6. The molecule has 0 spiro atoms. The minimum atomic E-state index is -0.197. The number of hydrogen-bond donors (Lipinski definition) is 1. The van der Waals surface area contributed by atoms with E-state index >= 15 is 0 Å². The lowest BCUT2D eigenvalue weighted by molar-refractivity contribution is -0.166. The van der Waals surface area contributed by atoms with Gasteiger partial charge >= 0.3 is 0 Å². The monoisotopic (exact) mass is 200 g/mol. The van der Waals surface area contributed by atoms with Crippen molar-refractivity contribution >= 4 is 5.91 Å². The summed E-state index contributed by atoms with van der Waals surface area (Å²) in [6.45, 7) is 7.22. The lowest BCUT2D eigenvalue weighted by Gasteiger charge is -2.36. The summed E-state index contributed by atoms with van der Waals surface area (Å²) in [7, 11) is 1.39. The lowest BCUT2D eigenvalue weighted by Crippen LogP contribution is -2.50. The van der Waals surface area contributed by atoms with Crippen LogP contribution in [0.3, 0.4) is 0 Å². The van der Waals surface area contributed by atoms with Crippen molar-refractivity contribution in [2.24, 2.45) is 0 Å². The molecule has 1 rings (SSSR count). The minimum absolute atomic E-state index is 0.00711. The van der Waals surface area contributed by atoms with Crippen molar-refractivity contribution < 1.29 is 10.0 Å². The highest BCUT2D eigenvalue weighted by molar-refractivity contribution is 5.80. The molecule has 1 heterocycles. The Labute approximate surface area is 85.4 Å². The Kier molecular flexibility index (Phi) is 3.17. The fourth-order valence-electron chi connectivity index (χ4n) is 2.04. The van der Waals surface area contributed by atoms with Gasteiger partial charge in [0.1, 0.15) is 0 Å². The molecule has 14 heavy (non-hydrogen) atoms. The molecule has 1 saturated heterocycles. The molecule has 0 bridgehead atoms. The van der Waals surface area contributed by atoms with Crippen LogP contribution in [0.15, 0.2) is 0 Å². The molecule has 0 radical (unpaired) electrons. The largest absolute Gasteiger partial charge is 0.287 e. The van der Waals surface area contributed by atoms with E-state index in [-0.39, 0.29) is 17.5 Å². The van der Waals surface area contributed by atoms with Gasteiger partial charge < -0.3 is 0 Å². The molecular weight excluding hydrogens is 180 g/mol. The summed E-state index contributed by atoms with van der Waals surface area (Å²) in [6.07, 6.45) is 1.88. The zero-order valence-corrected chi connectivity index (χ0v) is 9.45. The number of carbonyl (C=O) groups is 1. The molecule has 1 aliphatic rings. The molecule has 1 atom stereocenters. The fourth-order valence-corrected chi connectivity index (χ4v) is 2.04. The van der Waals surface area contributed by atoms with Crippen molar-refractivity contribution in [2.75, 3.05) is 13.6 Å². The second-order valence-corrected chi connectivity index (χ2v) is 4.88. The van der Waals surface area contributed by atoms with Crippen molar-refractivity contribution in [2.45, 2.75) is 45.2 Å². The van der Waals surface area contributed by atoms with E-state index in [0.717, 1.165) is 19.4 Å². The summed E-state index contributed by atoms with van der Waals surface area (Å²) < 4.78 is 0. The van der Waals surface area contributed by atoms with E-state index in [1.54, 1.807) is 0 Å². The summed E-state index contributed by atoms with van der Waals surface area (Å²) in [6, 6.07) is -0.148. The highest BCUT2D eigenvalue weighted by Crippen LogP contribution is 2.26. The maximum Gasteiger partial charge on any atom is 0.262 e. The average Bonchev–Trinajstić information content (AvgIpc) is 2.48. The van der Waals surface area contributed by atoms with E-state index in [4.69, 9.17) is 5.21 Å². The number of nitrogens with zero attached hydrogens (tertiary/aromatic N) is 2. The number of hydroxylamine groups is 2. The molecular formula is C10H20N2O2. The quantitative estimate of drug-likeness (QED) is 0.509. The number of rotatable bonds is 1. The van der Waals surface area contributed by atoms with Crippen LogP contribution in [0.25, 0.3) is 0 Å². The first-order valence-corrected chi connectivity index (χ1v) is 5.07. The van der Waals surface area contributed by atoms with Crippen LogP contribution in [0.5, 0.6) is 0 Å². The van der Waals surface area contributed by atoms with Crippen molar-refractivity contribution in [3.63, 3.8) is 0 Å². The van der Waals surface area contributed by atoms with Gasteiger partial charge in [-0.15, -0.1) is 0 Å². The van der Waals surface area contributed by atoms with Crippen LogP contribution < -0.4 is 0 Å². The van der Waals surface area contributed by atoms with Gasteiger partial charge in [0, 0.05) is 12.6 Å². The van der Waals surface area contributed by atoms with E-state index in [2.05, 4.69) is 25.7 Å². The predicted octanol–water partition coefficient (Wildman–Crippen LogP) is 1.10. The smallest absolute Gasteiger partial charge is 0.262 e. The van der Waals surface area contributed by atoms with Crippen molar-refractivity contribution in [1.82, 2.24) is 9.96 Å². The molecule has 0 aromatic heterocycles. The normalized spacial score (nSPS) is 23.9. The summed E-state index contributed by atoms with van der Waals surface area (Å²) >= 11 is 0. The first-order chi connectivity index (χ1) is 6.34. The molecule has 4 heteroatoms. The molecule has 1 aliphatic heterocycles. The van der Waals surface area contributed by atoms with Crippen LogP contribution in [0, 0.1) is 0 Å². The lowest BCUT2D eigenvalue weighted by atomic mass is 10.0. The molecule has 1 amide bonds. The van der Waals surface area contributed by atoms with Gasteiger partial charge in [0.15, 0.2) is 0 Å². The SMILES string of the molecule is CN(O)C(=O)[C@@H]1CCCN1C(C)(C)C. The molecule has 1 N–H and O–H groups in total. The zero-order valence-electron chi connectivity index (χ0n) is 9.45. The van der Waals surface area contributed by atoms with E-state index in [0.29, 0.717) is 5.06 Å². The number of carbonyl (C=O) groups excluding carboxylic acids is 1.